The van der Waals surface area contributed by atoms with E-state index in [4.69, 9.17) is 9.47 Å². The fourth-order valence-corrected chi connectivity index (χ4v) is 4.12. The van der Waals surface area contributed by atoms with Crippen molar-refractivity contribution in [2.75, 3.05) is 39.5 Å². The highest BCUT2D eigenvalue weighted by Crippen LogP contribution is 2.44. The largest absolute Gasteiger partial charge is 0.381 e. The van der Waals surface area contributed by atoms with Crippen molar-refractivity contribution in [1.82, 2.24) is 4.90 Å². The summed E-state index contributed by atoms with van der Waals surface area (Å²) in [7, 11) is 0. The van der Waals surface area contributed by atoms with E-state index in [0.717, 1.165) is 64.3 Å². The van der Waals surface area contributed by atoms with E-state index in [1.54, 1.807) is 12.1 Å². The zero-order valence-corrected chi connectivity index (χ0v) is 15.0. The van der Waals surface area contributed by atoms with Crippen molar-refractivity contribution in [2.45, 2.75) is 32.6 Å². The lowest BCUT2D eigenvalue weighted by atomic mass is 9.66. The number of hydrogen-bond acceptors (Lipinski definition) is 3. The molecule has 2 fully saturated rings. The standard InChI is InChI=1S/C20H28FNO3/c1-2-24-14-17-15-25-12-9-20(17)7-10-22(11-8-20)19(23)13-16-3-5-18(21)6-4-16/h3-6,17H,2,7-15H2,1H3/t17-/m1/s1. The fourth-order valence-electron chi connectivity index (χ4n) is 4.12. The Kier molecular flexibility index (Phi) is 6.07. The first kappa shape index (κ1) is 18.3. The summed E-state index contributed by atoms with van der Waals surface area (Å²) in [6.07, 6.45) is 3.44. The van der Waals surface area contributed by atoms with Gasteiger partial charge >= 0.3 is 0 Å². The van der Waals surface area contributed by atoms with E-state index in [1.807, 2.05) is 11.8 Å². The maximum atomic E-state index is 13.0. The van der Waals surface area contributed by atoms with Gasteiger partial charge in [0.25, 0.3) is 0 Å². The van der Waals surface area contributed by atoms with Crippen LogP contribution in [0.1, 0.15) is 31.7 Å². The first-order valence-electron chi connectivity index (χ1n) is 9.31. The van der Waals surface area contributed by atoms with Gasteiger partial charge in [-0.25, -0.2) is 4.39 Å². The van der Waals surface area contributed by atoms with Gasteiger partial charge in [0.2, 0.25) is 5.91 Å². The number of halogens is 1. The Bertz CT molecular complexity index is 567. The minimum atomic E-state index is -0.268. The molecule has 3 rings (SSSR count). The normalized spacial score (nSPS) is 23.0. The van der Waals surface area contributed by atoms with E-state index < -0.39 is 0 Å². The van der Waals surface area contributed by atoms with Gasteiger partial charge in [-0.2, -0.15) is 0 Å². The molecular formula is C20H28FNO3. The molecule has 1 spiro atoms. The lowest BCUT2D eigenvalue weighted by Crippen LogP contribution is -2.50. The predicted molar refractivity (Wildman–Crippen MR) is 93.8 cm³/mol. The van der Waals surface area contributed by atoms with Crippen LogP contribution in [0.3, 0.4) is 0 Å². The Balaban J connectivity index is 1.56. The van der Waals surface area contributed by atoms with Crippen LogP contribution in [0.15, 0.2) is 24.3 Å². The number of benzene rings is 1. The van der Waals surface area contributed by atoms with Gasteiger partial charge in [-0.15, -0.1) is 0 Å². The molecule has 25 heavy (non-hydrogen) atoms. The van der Waals surface area contributed by atoms with E-state index in [2.05, 4.69) is 0 Å². The summed E-state index contributed by atoms with van der Waals surface area (Å²) in [5.41, 5.74) is 1.12. The second kappa shape index (κ2) is 8.28. The van der Waals surface area contributed by atoms with Crippen molar-refractivity contribution in [2.24, 2.45) is 11.3 Å². The van der Waals surface area contributed by atoms with Crippen LogP contribution in [-0.4, -0.2) is 50.3 Å². The minimum Gasteiger partial charge on any atom is -0.381 e. The number of amides is 1. The van der Waals surface area contributed by atoms with Gasteiger partial charge in [0.1, 0.15) is 5.82 Å². The summed E-state index contributed by atoms with van der Waals surface area (Å²) >= 11 is 0. The number of likely N-dealkylation sites (tertiary alicyclic amines) is 1. The zero-order valence-electron chi connectivity index (χ0n) is 15.0. The van der Waals surface area contributed by atoms with Crippen molar-refractivity contribution in [3.63, 3.8) is 0 Å². The second-order valence-electron chi connectivity index (χ2n) is 7.23. The number of carbonyl (C=O) groups is 1. The average molecular weight is 349 g/mol. The van der Waals surface area contributed by atoms with Crippen LogP contribution >= 0.6 is 0 Å². The summed E-state index contributed by atoms with van der Waals surface area (Å²) in [6.45, 7) is 6.67. The third kappa shape index (κ3) is 4.39. The van der Waals surface area contributed by atoms with Gasteiger partial charge in [-0.05, 0) is 49.3 Å². The number of nitrogens with zero attached hydrogens (tertiary/aromatic N) is 1. The van der Waals surface area contributed by atoms with Crippen LogP contribution in [0.2, 0.25) is 0 Å². The lowest BCUT2D eigenvalue weighted by Gasteiger charge is -2.49. The van der Waals surface area contributed by atoms with Gasteiger partial charge < -0.3 is 14.4 Å². The Labute approximate surface area is 149 Å². The lowest BCUT2D eigenvalue weighted by molar-refractivity contribution is -0.138. The van der Waals surface area contributed by atoms with Crippen molar-refractivity contribution in [3.8, 4) is 0 Å². The fraction of sp³-hybridized carbons (Fsp3) is 0.650. The molecule has 4 nitrogen and oxygen atoms in total. The number of hydrogen-bond donors (Lipinski definition) is 0. The quantitative estimate of drug-likeness (QED) is 0.820. The van der Waals surface area contributed by atoms with Crippen LogP contribution < -0.4 is 0 Å². The zero-order chi connectivity index (χ0) is 17.7. The molecule has 0 saturated carbocycles. The van der Waals surface area contributed by atoms with Crippen LogP contribution in [0.25, 0.3) is 0 Å². The summed E-state index contributed by atoms with van der Waals surface area (Å²) in [5.74, 6) is 0.293. The van der Waals surface area contributed by atoms with Gasteiger partial charge in [0.15, 0.2) is 0 Å². The van der Waals surface area contributed by atoms with Crippen LogP contribution in [0.5, 0.6) is 0 Å². The highest BCUT2D eigenvalue weighted by molar-refractivity contribution is 5.78. The molecule has 2 heterocycles. The predicted octanol–water partition coefficient (Wildman–Crippen LogP) is 3.05. The molecule has 0 aliphatic carbocycles. The second-order valence-corrected chi connectivity index (χ2v) is 7.23. The summed E-state index contributed by atoms with van der Waals surface area (Å²) in [4.78, 5) is 14.5. The van der Waals surface area contributed by atoms with Gasteiger partial charge in [-0.1, -0.05) is 12.1 Å². The van der Waals surface area contributed by atoms with Gasteiger partial charge in [0, 0.05) is 32.2 Å². The topological polar surface area (TPSA) is 38.8 Å². The molecule has 0 radical (unpaired) electrons. The molecule has 2 saturated heterocycles. The Morgan fingerprint density at radius 1 is 1.28 bits per heavy atom. The molecule has 0 aromatic heterocycles. The molecule has 2 aliphatic rings. The number of ether oxygens (including phenoxy) is 2. The van der Waals surface area contributed by atoms with Crippen LogP contribution in [0, 0.1) is 17.2 Å². The third-order valence-electron chi connectivity index (χ3n) is 5.83. The molecule has 1 aromatic rings. The summed E-state index contributed by atoms with van der Waals surface area (Å²) in [6, 6.07) is 6.20. The number of rotatable bonds is 5. The van der Waals surface area contributed by atoms with E-state index in [0.29, 0.717) is 12.3 Å². The van der Waals surface area contributed by atoms with Crippen molar-refractivity contribution < 1.29 is 18.7 Å². The van der Waals surface area contributed by atoms with E-state index in [-0.39, 0.29) is 17.1 Å². The maximum Gasteiger partial charge on any atom is 0.226 e. The van der Waals surface area contributed by atoms with Crippen LogP contribution in [-0.2, 0) is 20.7 Å². The first-order chi connectivity index (χ1) is 12.1. The van der Waals surface area contributed by atoms with Gasteiger partial charge in [-0.3, -0.25) is 4.79 Å². The smallest absolute Gasteiger partial charge is 0.226 e. The molecule has 0 bridgehead atoms. The third-order valence-corrected chi connectivity index (χ3v) is 5.83. The monoisotopic (exact) mass is 349 g/mol. The highest BCUT2D eigenvalue weighted by Gasteiger charge is 2.44. The molecule has 138 valence electrons. The molecule has 5 heteroatoms. The molecule has 1 amide bonds. The minimum absolute atomic E-state index is 0.134. The molecule has 1 atom stereocenters. The number of carbonyl (C=O) groups excluding carboxylic acids is 1. The molecular weight excluding hydrogens is 321 g/mol. The Morgan fingerprint density at radius 2 is 2.00 bits per heavy atom. The molecule has 0 unspecified atom stereocenters. The number of piperidine rings is 1. The van der Waals surface area contributed by atoms with E-state index in [1.165, 1.54) is 12.1 Å². The SMILES string of the molecule is CCOC[C@@H]1COCCC12CCN(C(=O)Cc1ccc(F)cc1)CC2. The average Bonchev–Trinajstić information content (AvgIpc) is 2.63. The highest BCUT2D eigenvalue weighted by atomic mass is 19.1. The first-order valence-corrected chi connectivity index (χ1v) is 9.31. The van der Waals surface area contributed by atoms with Crippen molar-refractivity contribution in [3.05, 3.63) is 35.6 Å². The molecule has 2 aliphatic heterocycles. The van der Waals surface area contributed by atoms with Crippen LogP contribution in [0.4, 0.5) is 4.39 Å². The Morgan fingerprint density at radius 3 is 2.68 bits per heavy atom. The van der Waals surface area contributed by atoms with Crippen molar-refractivity contribution >= 4 is 5.91 Å². The summed E-state index contributed by atoms with van der Waals surface area (Å²) < 4.78 is 24.3. The molecule has 1 aromatic carbocycles. The Hall–Kier alpha value is -1.46. The van der Waals surface area contributed by atoms with E-state index >= 15 is 0 Å². The van der Waals surface area contributed by atoms with Crippen molar-refractivity contribution in [1.29, 1.82) is 0 Å². The maximum absolute atomic E-state index is 13.0. The molecule has 0 N–H and O–H groups in total. The summed E-state index contributed by atoms with van der Waals surface area (Å²) in [5, 5.41) is 0. The van der Waals surface area contributed by atoms with Gasteiger partial charge in [0.05, 0.1) is 19.6 Å². The van der Waals surface area contributed by atoms with E-state index in [9.17, 15) is 9.18 Å².